The molecular weight excluding hydrogens is 215 g/mol. The number of halogens is 1. The maximum Gasteiger partial charge on any atom is 0.115 e. The summed E-state index contributed by atoms with van der Waals surface area (Å²) in [5.74, 6) is 0.980. The molecule has 0 spiro atoms. The lowest BCUT2D eigenvalue weighted by molar-refractivity contribution is 0.0155. The smallest absolute Gasteiger partial charge is 0.115 e. The van der Waals surface area contributed by atoms with Crippen LogP contribution in [0.1, 0.15) is 33.1 Å². The van der Waals surface area contributed by atoms with E-state index in [0.717, 1.165) is 31.8 Å². The van der Waals surface area contributed by atoms with Gasteiger partial charge in [0.15, 0.2) is 0 Å². The second-order valence-corrected chi connectivity index (χ2v) is 6.41. The van der Waals surface area contributed by atoms with Crippen LogP contribution in [-0.2, 0) is 0 Å². The highest BCUT2D eigenvalue weighted by Crippen LogP contribution is 2.34. The van der Waals surface area contributed by atoms with Crippen molar-refractivity contribution >= 4 is 0 Å². The van der Waals surface area contributed by atoms with Gasteiger partial charge < -0.3 is 9.80 Å². The van der Waals surface area contributed by atoms with Gasteiger partial charge in [-0.05, 0) is 44.7 Å². The summed E-state index contributed by atoms with van der Waals surface area (Å²) in [6, 6.07) is 0. The fourth-order valence-corrected chi connectivity index (χ4v) is 3.23. The number of rotatable bonds is 3. The highest BCUT2D eigenvalue weighted by atomic mass is 19.1. The molecule has 3 heteroatoms. The summed E-state index contributed by atoms with van der Waals surface area (Å²) in [5.41, 5.74) is -0.900. The first-order valence-electron chi connectivity index (χ1n) is 7.09. The number of likely N-dealkylation sites (tertiary alicyclic amines) is 2. The maximum atomic E-state index is 14.4. The molecule has 0 N–H and O–H groups in total. The van der Waals surface area contributed by atoms with E-state index in [2.05, 4.69) is 16.8 Å². The third kappa shape index (κ3) is 3.19. The lowest BCUT2D eigenvalue weighted by Gasteiger charge is -2.39. The first-order chi connectivity index (χ1) is 7.99. The second kappa shape index (κ2) is 5.23. The average molecular weight is 242 g/mol. The maximum absolute atomic E-state index is 14.4. The molecule has 100 valence electrons. The van der Waals surface area contributed by atoms with Gasteiger partial charge in [0.25, 0.3) is 0 Å². The quantitative estimate of drug-likeness (QED) is 0.750. The monoisotopic (exact) mass is 242 g/mol. The first kappa shape index (κ1) is 13.3. The molecule has 2 saturated heterocycles. The minimum atomic E-state index is -0.900. The Morgan fingerprint density at radius 1 is 1.24 bits per heavy atom. The van der Waals surface area contributed by atoms with E-state index in [9.17, 15) is 4.39 Å². The molecule has 2 nitrogen and oxygen atoms in total. The van der Waals surface area contributed by atoms with Crippen LogP contribution in [0.2, 0.25) is 0 Å². The molecule has 0 saturated carbocycles. The van der Waals surface area contributed by atoms with E-state index in [-0.39, 0.29) is 5.92 Å². The van der Waals surface area contributed by atoms with Crippen molar-refractivity contribution in [1.82, 2.24) is 9.80 Å². The number of alkyl halides is 1. The zero-order valence-corrected chi connectivity index (χ0v) is 11.6. The summed E-state index contributed by atoms with van der Waals surface area (Å²) in [6.07, 6.45) is 2.78. The van der Waals surface area contributed by atoms with Gasteiger partial charge in [-0.15, -0.1) is 0 Å². The molecule has 2 aliphatic rings. The average Bonchev–Trinajstić information content (AvgIpc) is 2.67. The van der Waals surface area contributed by atoms with Crippen LogP contribution in [0.15, 0.2) is 0 Å². The molecule has 2 aliphatic heterocycles. The van der Waals surface area contributed by atoms with Gasteiger partial charge in [0, 0.05) is 26.2 Å². The number of hydrogen-bond acceptors (Lipinski definition) is 2. The molecule has 0 amide bonds. The van der Waals surface area contributed by atoms with Gasteiger partial charge in [0.1, 0.15) is 5.67 Å². The molecule has 0 bridgehead atoms. The van der Waals surface area contributed by atoms with Crippen molar-refractivity contribution in [2.24, 2.45) is 11.8 Å². The van der Waals surface area contributed by atoms with Crippen LogP contribution in [0.5, 0.6) is 0 Å². The predicted molar refractivity (Wildman–Crippen MR) is 70.0 cm³/mol. The van der Waals surface area contributed by atoms with Crippen LogP contribution in [0, 0.1) is 11.8 Å². The molecule has 2 fully saturated rings. The summed E-state index contributed by atoms with van der Waals surface area (Å²) in [7, 11) is 2.20. The van der Waals surface area contributed by atoms with Crippen molar-refractivity contribution in [3.05, 3.63) is 0 Å². The molecule has 1 atom stereocenters. The standard InChI is InChI=1S/C14H27FN2/c1-12(2)14(15)5-8-17(9-6-14)11-13-4-7-16(3)10-13/h12-13H,4-11H2,1-3H3. The van der Waals surface area contributed by atoms with E-state index in [1.54, 1.807) is 0 Å². The summed E-state index contributed by atoms with van der Waals surface area (Å²) in [5, 5.41) is 0. The van der Waals surface area contributed by atoms with Crippen molar-refractivity contribution in [3.8, 4) is 0 Å². The fourth-order valence-electron chi connectivity index (χ4n) is 3.23. The summed E-state index contributed by atoms with van der Waals surface area (Å²) >= 11 is 0. The van der Waals surface area contributed by atoms with Crippen molar-refractivity contribution < 1.29 is 4.39 Å². The van der Waals surface area contributed by atoms with Gasteiger partial charge in [0.2, 0.25) is 0 Å². The van der Waals surface area contributed by atoms with Crippen LogP contribution in [0.3, 0.4) is 0 Å². The molecule has 2 heterocycles. The highest BCUT2D eigenvalue weighted by molar-refractivity contribution is 4.89. The lowest BCUT2D eigenvalue weighted by atomic mass is 9.83. The molecule has 0 radical (unpaired) electrons. The van der Waals surface area contributed by atoms with E-state index < -0.39 is 5.67 Å². The molecule has 0 aromatic heterocycles. The Bertz CT molecular complexity index is 247. The topological polar surface area (TPSA) is 6.48 Å². The van der Waals surface area contributed by atoms with E-state index in [1.165, 1.54) is 26.1 Å². The minimum absolute atomic E-state index is 0.169. The van der Waals surface area contributed by atoms with Gasteiger partial charge >= 0.3 is 0 Å². The third-order valence-electron chi connectivity index (χ3n) is 4.73. The van der Waals surface area contributed by atoms with Crippen molar-refractivity contribution in [1.29, 1.82) is 0 Å². The van der Waals surface area contributed by atoms with Crippen molar-refractivity contribution in [3.63, 3.8) is 0 Å². The lowest BCUT2D eigenvalue weighted by Crippen LogP contribution is -2.46. The number of piperidine rings is 1. The number of nitrogens with zero attached hydrogens (tertiary/aromatic N) is 2. The first-order valence-corrected chi connectivity index (χ1v) is 7.09. The van der Waals surface area contributed by atoms with Crippen molar-refractivity contribution in [2.75, 3.05) is 39.8 Å². The summed E-state index contributed by atoms with van der Waals surface area (Å²) in [4.78, 5) is 4.88. The molecule has 2 rings (SSSR count). The Kier molecular flexibility index (Phi) is 4.09. The van der Waals surface area contributed by atoms with E-state index in [4.69, 9.17) is 0 Å². The van der Waals surface area contributed by atoms with Gasteiger partial charge in [-0.2, -0.15) is 0 Å². The van der Waals surface area contributed by atoms with Gasteiger partial charge in [-0.3, -0.25) is 0 Å². The largest absolute Gasteiger partial charge is 0.306 e. The summed E-state index contributed by atoms with van der Waals surface area (Å²) < 4.78 is 14.4. The van der Waals surface area contributed by atoms with Gasteiger partial charge in [0.05, 0.1) is 0 Å². The van der Waals surface area contributed by atoms with Gasteiger partial charge in [-0.1, -0.05) is 13.8 Å². The Morgan fingerprint density at radius 3 is 2.35 bits per heavy atom. The Labute approximate surface area is 105 Å². The highest BCUT2D eigenvalue weighted by Gasteiger charge is 2.37. The fraction of sp³-hybridized carbons (Fsp3) is 1.00. The predicted octanol–water partition coefficient (Wildman–Crippen LogP) is 2.40. The molecule has 0 aromatic rings. The molecule has 1 unspecified atom stereocenters. The molecule has 17 heavy (non-hydrogen) atoms. The minimum Gasteiger partial charge on any atom is -0.306 e. The Hall–Kier alpha value is -0.150. The Morgan fingerprint density at radius 2 is 1.88 bits per heavy atom. The van der Waals surface area contributed by atoms with E-state index in [0.29, 0.717) is 0 Å². The molecule has 0 aliphatic carbocycles. The van der Waals surface area contributed by atoms with Crippen LogP contribution < -0.4 is 0 Å². The second-order valence-electron chi connectivity index (χ2n) is 6.41. The van der Waals surface area contributed by atoms with Crippen LogP contribution in [0.4, 0.5) is 4.39 Å². The SMILES string of the molecule is CC(C)C1(F)CCN(CC2CCN(C)C2)CC1. The third-order valence-corrected chi connectivity index (χ3v) is 4.73. The molecule has 0 aromatic carbocycles. The van der Waals surface area contributed by atoms with Crippen molar-refractivity contribution in [2.45, 2.75) is 38.8 Å². The van der Waals surface area contributed by atoms with Crippen LogP contribution in [0.25, 0.3) is 0 Å². The zero-order valence-electron chi connectivity index (χ0n) is 11.6. The zero-order chi connectivity index (χ0) is 12.5. The van der Waals surface area contributed by atoms with Crippen LogP contribution in [-0.4, -0.2) is 55.2 Å². The number of hydrogen-bond donors (Lipinski definition) is 0. The summed E-state index contributed by atoms with van der Waals surface area (Å²) in [6.45, 7) is 9.57. The van der Waals surface area contributed by atoms with E-state index >= 15 is 0 Å². The normalized spacial score (nSPS) is 31.2. The van der Waals surface area contributed by atoms with Crippen LogP contribution >= 0.6 is 0 Å². The van der Waals surface area contributed by atoms with Gasteiger partial charge in [-0.25, -0.2) is 4.39 Å². The van der Waals surface area contributed by atoms with E-state index in [1.807, 2.05) is 13.8 Å². The molecular formula is C14H27FN2. The Balaban J connectivity index is 1.76.